The van der Waals surface area contributed by atoms with Crippen molar-refractivity contribution in [2.75, 3.05) is 19.8 Å². The molecule has 0 saturated carbocycles. The Bertz CT molecular complexity index is 2440. The summed E-state index contributed by atoms with van der Waals surface area (Å²) in [6.45, 7) is 1.97. The number of aryl methyl sites for hydroxylation is 3. The number of nitrogens with one attached hydrogen (secondary N) is 3. The summed E-state index contributed by atoms with van der Waals surface area (Å²) in [6, 6.07) is 0. The van der Waals surface area contributed by atoms with Gasteiger partial charge in [-0.25, -0.2) is 23.5 Å². The molecule has 0 radical (unpaired) electrons. The van der Waals surface area contributed by atoms with Crippen molar-refractivity contribution in [3.8, 4) is 0 Å². The van der Waals surface area contributed by atoms with Gasteiger partial charge >= 0.3 is 32.7 Å². The van der Waals surface area contributed by atoms with Crippen molar-refractivity contribution >= 4 is 15.6 Å². The molecule has 6 rings (SSSR count). The maximum atomic E-state index is 13.2. The Morgan fingerprint density at radius 1 is 0.632 bits per heavy atom. The Morgan fingerprint density at radius 3 is 1.40 bits per heavy atom. The van der Waals surface area contributed by atoms with Crippen LogP contribution in [0.3, 0.4) is 0 Å². The zero-order chi connectivity index (χ0) is 41.6. The molecular weight excluding hydrogens is 810 g/mol. The second-order valence-corrected chi connectivity index (χ2v) is 16.4. The molecule has 3 aliphatic heterocycles. The number of aromatic nitrogens is 6. The first-order valence-electron chi connectivity index (χ1n) is 17.3. The van der Waals surface area contributed by atoms with Crippen LogP contribution in [0, 0.1) is 20.8 Å². The van der Waals surface area contributed by atoms with E-state index < -0.39 is 125 Å². The first-order valence-corrected chi connectivity index (χ1v) is 20.3. The minimum Gasteiger partial charge on any atom is -0.394 e. The quantitative estimate of drug-likeness (QED) is 0.0845. The molecule has 25 nitrogen and oxygen atoms in total. The van der Waals surface area contributed by atoms with E-state index >= 15 is 0 Å². The van der Waals surface area contributed by atoms with Crippen LogP contribution in [0.2, 0.25) is 0 Å². The van der Waals surface area contributed by atoms with Gasteiger partial charge in [0, 0.05) is 54.5 Å². The lowest BCUT2D eigenvalue weighted by molar-refractivity contribution is -0.0620. The Labute approximate surface area is 318 Å². The number of hydrogen-bond acceptors (Lipinski definition) is 17. The average Bonchev–Trinajstić information content (AvgIpc) is 3.83. The first kappa shape index (κ1) is 42.7. The molecule has 3 aromatic heterocycles. The van der Waals surface area contributed by atoms with Crippen molar-refractivity contribution < 1.29 is 61.4 Å². The van der Waals surface area contributed by atoms with Crippen LogP contribution in [0.15, 0.2) is 47.4 Å². The molecule has 11 unspecified atom stereocenters. The van der Waals surface area contributed by atoms with E-state index in [-0.39, 0.29) is 36.0 Å². The van der Waals surface area contributed by atoms with Crippen molar-refractivity contribution in [1.29, 1.82) is 0 Å². The van der Waals surface area contributed by atoms with E-state index in [0.29, 0.717) is 0 Å². The molecule has 0 spiro atoms. The summed E-state index contributed by atoms with van der Waals surface area (Å²) >= 11 is 0. The second-order valence-electron chi connectivity index (χ2n) is 13.6. The summed E-state index contributed by atoms with van der Waals surface area (Å²) in [6.07, 6.45) is -8.74. The molecule has 0 aromatic carbocycles. The summed E-state index contributed by atoms with van der Waals surface area (Å²) in [5, 5.41) is 20.4. The van der Waals surface area contributed by atoms with Crippen LogP contribution in [0.1, 0.15) is 54.6 Å². The molecule has 0 amide bonds. The van der Waals surface area contributed by atoms with Gasteiger partial charge in [0.05, 0.1) is 25.9 Å². The highest BCUT2D eigenvalue weighted by molar-refractivity contribution is 7.47. The highest BCUT2D eigenvalue weighted by Gasteiger charge is 2.46. The van der Waals surface area contributed by atoms with Gasteiger partial charge in [-0.3, -0.25) is 61.1 Å². The number of phosphoric acid groups is 2. The number of H-pyrrole nitrogens is 3. The predicted molar refractivity (Wildman–Crippen MR) is 188 cm³/mol. The smallest absolute Gasteiger partial charge is 0.394 e. The summed E-state index contributed by atoms with van der Waals surface area (Å²) < 4.78 is 67.6. The summed E-state index contributed by atoms with van der Waals surface area (Å²) in [7, 11) is -10.2. The number of aromatic amines is 3. The fraction of sp³-hybridized carbons (Fsp3) is 0.600. The zero-order valence-electron chi connectivity index (χ0n) is 30.3. The summed E-state index contributed by atoms with van der Waals surface area (Å²) in [5.74, 6) is 0. The zero-order valence-corrected chi connectivity index (χ0v) is 32.1. The number of nitrogens with zero attached hydrogens (tertiary/aromatic N) is 3. The monoisotopic (exact) mass is 850 g/mol. The number of aliphatic hydroxyl groups is 2. The average molecular weight is 851 g/mol. The second kappa shape index (κ2) is 16.7. The highest BCUT2D eigenvalue weighted by Crippen LogP contribution is 2.51. The van der Waals surface area contributed by atoms with Crippen LogP contribution in [0.4, 0.5) is 0 Å². The van der Waals surface area contributed by atoms with Crippen LogP contribution in [0.25, 0.3) is 0 Å². The third kappa shape index (κ3) is 9.69. The molecule has 3 saturated heterocycles. The number of hydrogen-bond donors (Lipinski definition) is 7. The van der Waals surface area contributed by atoms with E-state index in [0.717, 1.165) is 19.9 Å². The Hall–Kier alpha value is -3.94. The SMILES string of the molecule is Cc1cn(C2CC(O)C(COP(=O)(O)OC3CC(n4cc(C)c(=O)[nH]c4=O)OC3COP(=O)(O)OC3CC(n4cc(C)c(=O)[nH]c4=O)OC3CO)O2)c(=O)[nH]c1=O. The van der Waals surface area contributed by atoms with Gasteiger partial charge in [0.1, 0.15) is 49.2 Å². The van der Waals surface area contributed by atoms with E-state index in [2.05, 4.69) is 15.0 Å². The van der Waals surface area contributed by atoms with Crippen molar-refractivity contribution in [2.45, 2.75) is 95.3 Å². The number of ether oxygens (including phenoxy) is 3. The van der Waals surface area contributed by atoms with Gasteiger partial charge in [0.15, 0.2) is 0 Å². The van der Waals surface area contributed by atoms with Gasteiger partial charge < -0.3 is 34.2 Å². The molecular formula is C30H40N6O19P2. The lowest BCUT2D eigenvalue weighted by Crippen LogP contribution is -2.33. The molecule has 3 aliphatic rings. The molecule has 11 atom stereocenters. The van der Waals surface area contributed by atoms with Crippen molar-refractivity contribution in [3.05, 3.63) is 97.8 Å². The maximum Gasteiger partial charge on any atom is 0.472 e. The fourth-order valence-corrected chi connectivity index (χ4v) is 8.37. The number of aliphatic hydroxyl groups excluding tert-OH is 2. The van der Waals surface area contributed by atoms with Crippen LogP contribution < -0.4 is 33.7 Å². The van der Waals surface area contributed by atoms with Crippen LogP contribution in [0.5, 0.6) is 0 Å². The number of phosphoric ester groups is 2. The first-order chi connectivity index (χ1) is 26.7. The molecule has 6 heterocycles. The van der Waals surface area contributed by atoms with Crippen LogP contribution in [-0.2, 0) is 41.4 Å². The molecule has 7 N–H and O–H groups in total. The van der Waals surface area contributed by atoms with Gasteiger partial charge in [-0.2, -0.15) is 0 Å². The van der Waals surface area contributed by atoms with Crippen molar-refractivity contribution in [2.24, 2.45) is 0 Å². The van der Waals surface area contributed by atoms with E-state index in [4.69, 9.17) is 32.3 Å². The predicted octanol–water partition coefficient (Wildman–Crippen LogP) is -2.22. The van der Waals surface area contributed by atoms with Crippen LogP contribution >= 0.6 is 15.6 Å². The largest absolute Gasteiger partial charge is 0.472 e. The standard InChI is InChI=1S/C30H40N6O19P2/c1-13-7-34(28(42)31-25(13)39)22-4-16(38)20(52-22)11-49-56(45,46)55-18-6-24(36-9-15(3)27(41)33-30(36)44)53-21(18)12-50-57(47,48)54-17-5-23(51-19(17)10-37)35-8-14(2)26(40)32-29(35)43/h7-9,16-24,37-38H,4-6,10-12H2,1-3H3,(H,45,46)(H,47,48)(H,31,39,42)(H,32,40,43)(H,33,41,44). The van der Waals surface area contributed by atoms with Gasteiger partial charge in [0.25, 0.3) is 16.7 Å². The van der Waals surface area contributed by atoms with E-state index in [1.54, 1.807) is 0 Å². The molecule has 3 aromatic rings. The third-order valence-electron chi connectivity index (χ3n) is 9.45. The van der Waals surface area contributed by atoms with Gasteiger partial charge in [-0.05, 0) is 20.8 Å². The fourth-order valence-electron chi connectivity index (χ4n) is 6.45. The summed E-state index contributed by atoms with van der Waals surface area (Å²) in [4.78, 5) is 101. The lowest BCUT2D eigenvalue weighted by atomic mass is 10.2. The normalized spacial score (nSPS) is 29.7. The van der Waals surface area contributed by atoms with E-state index in [1.807, 2.05) is 0 Å². The molecule has 57 heavy (non-hydrogen) atoms. The molecule has 27 heteroatoms. The van der Waals surface area contributed by atoms with Gasteiger partial charge in [0.2, 0.25) is 0 Å². The topological polar surface area (TPSA) is 344 Å². The summed E-state index contributed by atoms with van der Waals surface area (Å²) in [5.41, 5.74) is -4.06. The molecule has 314 valence electrons. The minimum absolute atomic E-state index is 0.0994. The molecule has 0 bridgehead atoms. The molecule has 3 fully saturated rings. The molecule has 0 aliphatic carbocycles. The lowest BCUT2D eigenvalue weighted by Gasteiger charge is -2.24. The van der Waals surface area contributed by atoms with Crippen molar-refractivity contribution in [3.63, 3.8) is 0 Å². The Kier molecular flexibility index (Phi) is 12.5. The van der Waals surface area contributed by atoms with Gasteiger partial charge in [-0.1, -0.05) is 0 Å². The highest BCUT2D eigenvalue weighted by atomic mass is 31.2. The van der Waals surface area contributed by atoms with Crippen LogP contribution in [-0.4, -0.2) is 105 Å². The Morgan fingerprint density at radius 2 is 0.982 bits per heavy atom. The minimum atomic E-state index is -5.11. The van der Waals surface area contributed by atoms with E-state index in [9.17, 15) is 57.9 Å². The number of rotatable bonds is 14. The third-order valence-corrected chi connectivity index (χ3v) is 11.5. The Balaban J connectivity index is 1.14. The van der Waals surface area contributed by atoms with E-state index in [1.165, 1.54) is 33.2 Å². The maximum absolute atomic E-state index is 13.2. The van der Waals surface area contributed by atoms with Gasteiger partial charge in [-0.15, -0.1) is 0 Å². The van der Waals surface area contributed by atoms with Crippen molar-refractivity contribution in [1.82, 2.24) is 28.7 Å².